The van der Waals surface area contributed by atoms with E-state index >= 15 is 0 Å². The Morgan fingerprint density at radius 2 is 2.18 bits per heavy atom. The first-order valence-electron chi connectivity index (χ1n) is 6.02. The number of carbonyl (C=O) groups is 1. The highest BCUT2D eigenvalue weighted by molar-refractivity contribution is 7.99. The fraction of sp³-hybridized carbons (Fsp3) is 0.917. The number of hydrogen-bond donors (Lipinski definition) is 1. The van der Waals surface area contributed by atoms with E-state index in [0.29, 0.717) is 11.8 Å². The Kier molecular flexibility index (Phi) is 5.59. The smallest absolute Gasteiger partial charge is 0.407 e. The van der Waals surface area contributed by atoms with Crippen LogP contribution in [0.3, 0.4) is 0 Å². The highest BCUT2D eigenvalue weighted by Gasteiger charge is 2.22. The summed E-state index contributed by atoms with van der Waals surface area (Å²) in [6.45, 7) is 6.88. The molecule has 5 heteroatoms. The SMILES string of the molecule is CSC1CC[C@@H](CNC(=O)OC(C)(C)C)OC1. The van der Waals surface area contributed by atoms with Gasteiger partial charge in [-0.05, 0) is 39.9 Å². The van der Waals surface area contributed by atoms with Crippen molar-refractivity contribution in [2.75, 3.05) is 19.4 Å². The van der Waals surface area contributed by atoms with Crippen molar-refractivity contribution in [1.29, 1.82) is 0 Å². The highest BCUT2D eigenvalue weighted by Crippen LogP contribution is 2.21. The number of nitrogens with one attached hydrogen (secondary N) is 1. The van der Waals surface area contributed by atoms with Gasteiger partial charge in [0.15, 0.2) is 0 Å². The average molecular weight is 261 g/mol. The molecule has 1 aliphatic heterocycles. The average Bonchev–Trinajstić information content (AvgIpc) is 2.25. The van der Waals surface area contributed by atoms with E-state index in [1.54, 1.807) is 0 Å². The summed E-state index contributed by atoms with van der Waals surface area (Å²) in [6, 6.07) is 0. The van der Waals surface area contributed by atoms with Gasteiger partial charge in [-0.25, -0.2) is 4.79 Å². The summed E-state index contributed by atoms with van der Waals surface area (Å²) in [5.41, 5.74) is -0.443. The van der Waals surface area contributed by atoms with E-state index in [2.05, 4.69) is 11.6 Å². The summed E-state index contributed by atoms with van der Waals surface area (Å²) in [5.74, 6) is 0. The predicted octanol–water partition coefficient (Wildman–Crippen LogP) is 2.42. The third kappa shape index (κ3) is 6.17. The molecule has 2 atom stereocenters. The lowest BCUT2D eigenvalue weighted by atomic mass is 10.1. The van der Waals surface area contributed by atoms with Gasteiger partial charge in [0.25, 0.3) is 0 Å². The second-order valence-electron chi connectivity index (χ2n) is 5.27. The minimum atomic E-state index is -0.443. The summed E-state index contributed by atoms with van der Waals surface area (Å²) < 4.78 is 10.8. The number of alkyl carbamates (subject to hydrolysis) is 1. The Bertz CT molecular complexity index is 245. The number of ether oxygens (including phenoxy) is 2. The first kappa shape index (κ1) is 14.6. The zero-order valence-corrected chi connectivity index (χ0v) is 11.9. The van der Waals surface area contributed by atoms with Crippen LogP contribution >= 0.6 is 11.8 Å². The quantitative estimate of drug-likeness (QED) is 0.847. The molecule has 1 heterocycles. The van der Waals surface area contributed by atoms with Crippen molar-refractivity contribution in [2.24, 2.45) is 0 Å². The molecule has 4 nitrogen and oxygen atoms in total. The van der Waals surface area contributed by atoms with Crippen molar-refractivity contribution >= 4 is 17.9 Å². The van der Waals surface area contributed by atoms with Crippen LogP contribution in [-0.2, 0) is 9.47 Å². The predicted molar refractivity (Wildman–Crippen MR) is 70.5 cm³/mol. The summed E-state index contributed by atoms with van der Waals surface area (Å²) >= 11 is 1.84. The van der Waals surface area contributed by atoms with E-state index in [-0.39, 0.29) is 12.2 Å². The fourth-order valence-corrected chi connectivity index (χ4v) is 2.23. The molecule has 0 bridgehead atoms. The maximum Gasteiger partial charge on any atom is 0.407 e. The molecule has 1 amide bonds. The Labute approximate surface area is 108 Å². The molecular weight excluding hydrogens is 238 g/mol. The lowest BCUT2D eigenvalue weighted by Gasteiger charge is -2.28. The summed E-state index contributed by atoms with van der Waals surface area (Å²) in [7, 11) is 0. The van der Waals surface area contributed by atoms with Crippen molar-refractivity contribution in [3.05, 3.63) is 0 Å². The molecule has 0 radical (unpaired) electrons. The van der Waals surface area contributed by atoms with Gasteiger partial charge < -0.3 is 14.8 Å². The minimum absolute atomic E-state index is 0.130. The standard InChI is InChI=1S/C12H23NO3S/c1-12(2,3)16-11(14)13-7-9-5-6-10(17-4)8-15-9/h9-10H,5-8H2,1-4H3,(H,13,14)/t9-,10?/m0/s1. The fourth-order valence-electron chi connectivity index (χ4n) is 1.64. The van der Waals surface area contributed by atoms with Crippen LogP contribution in [0.2, 0.25) is 0 Å². The van der Waals surface area contributed by atoms with Gasteiger partial charge in [-0.3, -0.25) is 0 Å². The highest BCUT2D eigenvalue weighted by atomic mass is 32.2. The third-order valence-electron chi connectivity index (χ3n) is 2.53. The molecule has 1 unspecified atom stereocenters. The molecule has 17 heavy (non-hydrogen) atoms. The molecule has 0 aromatic carbocycles. The number of amides is 1. The lowest BCUT2D eigenvalue weighted by Crippen LogP contribution is -2.40. The Morgan fingerprint density at radius 3 is 2.65 bits per heavy atom. The van der Waals surface area contributed by atoms with Gasteiger partial charge in [0.2, 0.25) is 0 Å². The Balaban J connectivity index is 2.17. The molecule has 0 aliphatic carbocycles. The van der Waals surface area contributed by atoms with Crippen LogP contribution in [-0.4, -0.2) is 42.5 Å². The molecule has 100 valence electrons. The molecule has 1 aliphatic rings. The minimum Gasteiger partial charge on any atom is -0.444 e. The van der Waals surface area contributed by atoms with Gasteiger partial charge in [-0.15, -0.1) is 0 Å². The maximum absolute atomic E-state index is 11.4. The number of carbonyl (C=O) groups excluding carboxylic acids is 1. The van der Waals surface area contributed by atoms with Gasteiger partial charge in [0.05, 0.1) is 12.7 Å². The van der Waals surface area contributed by atoms with Gasteiger partial charge >= 0.3 is 6.09 Å². The normalized spacial score (nSPS) is 25.4. The summed E-state index contributed by atoms with van der Waals surface area (Å²) in [6.07, 6.45) is 4.02. The summed E-state index contributed by atoms with van der Waals surface area (Å²) in [5, 5.41) is 3.35. The van der Waals surface area contributed by atoms with Crippen LogP contribution in [0.15, 0.2) is 0 Å². The summed E-state index contributed by atoms with van der Waals surface area (Å²) in [4.78, 5) is 11.4. The zero-order valence-electron chi connectivity index (χ0n) is 11.1. The monoisotopic (exact) mass is 261 g/mol. The molecule has 0 aromatic heterocycles. The second-order valence-corrected chi connectivity index (χ2v) is 6.41. The topological polar surface area (TPSA) is 47.6 Å². The van der Waals surface area contributed by atoms with Crippen molar-refractivity contribution in [3.63, 3.8) is 0 Å². The van der Waals surface area contributed by atoms with Crippen LogP contribution in [0.25, 0.3) is 0 Å². The van der Waals surface area contributed by atoms with Gasteiger partial charge in [-0.1, -0.05) is 0 Å². The van der Waals surface area contributed by atoms with E-state index in [1.807, 2.05) is 32.5 Å². The van der Waals surface area contributed by atoms with Crippen LogP contribution in [0.4, 0.5) is 4.79 Å². The van der Waals surface area contributed by atoms with Crippen molar-refractivity contribution < 1.29 is 14.3 Å². The molecular formula is C12H23NO3S. The van der Waals surface area contributed by atoms with E-state index in [4.69, 9.17) is 9.47 Å². The molecule has 1 rings (SSSR count). The second kappa shape index (κ2) is 6.50. The molecule has 1 N–H and O–H groups in total. The maximum atomic E-state index is 11.4. The molecule has 0 saturated carbocycles. The number of hydrogen-bond acceptors (Lipinski definition) is 4. The van der Waals surface area contributed by atoms with Gasteiger partial charge in [0.1, 0.15) is 5.60 Å². The van der Waals surface area contributed by atoms with Crippen LogP contribution in [0.5, 0.6) is 0 Å². The van der Waals surface area contributed by atoms with E-state index in [1.165, 1.54) is 0 Å². The first-order chi connectivity index (χ1) is 7.90. The molecule has 0 aromatic rings. The zero-order chi connectivity index (χ0) is 12.9. The van der Waals surface area contributed by atoms with Crippen molar-refractivity contribution in [1.82, 2.24) is 5.32 Å². The number of thioether (sulfide) groups is 1. The number of rotatable bonds is 3. The van der Waals surface area contributed by atoms with Gasteiger partial charge in [0, 0.05) is 11.8 Å². The largest absolute Gasteiger partial charge is 0.444 e. The van der Waals surface area contributed by atoms with E-state index in [9.17, 15) is 4.79 Å². The van der Waals surface area contributed by atoms with Crippen molar-refractivity contribution in [2.45, 2.75) is 50.6 Å². The van der Waals surface area contributed by atoms with Crippen LogP contribution in [0, 0.1) is 0 Å². The third-order valence-corrected chi connectivity index (χ3v) is 3.57. The van der Waals surface area contributed by atoms with E-state index < -0.39 is 5.60 Å². The lowest BCUT2D eigenvalue weighted by molar-refractivity contribution is 0.0139. The Morgan fingerprint density at radius 1 is 1.47 bits per heavy atom. The van der Waals surface area contributed by atoms with E-state index in [0.717, 1.165) is 19.4 Å². The van der Waals surface area contributed by atoms with Crippen LogP contribution in [0.1, 0.15) is 33.6 Å². The molecule has 1 fully saturated rings. The first-order valence-corrected chi connectivity index (χ1v) is 7.31. The van der Waals surface area contributed by atoms with Crippen LogP contribution < -0.4 is 5.32 Å². The van der Waals surface area contributed by atoms with Crippen molar-refractivity contribution in [3.8, 4) is 0 Å². The molecule has 1 saturated heterocycles. The Hall–Kier alpha value is -0.420. The molecule has 0 spiro atoms. The van der Waals surface area contributed by atoms with Gasteiger partial charge in [-0.2, -0.15) is 11.8 Å².